The number of carbonyl (C=O) groups is 2. The fourth-order valence-electron chi connectivity index (χ4n) is 1.73. The standard InChI is InChI=1S/C13H28N4O4/c1-2-3-14-4-5-15-6-8-17(11-13(20)21)9-7-16-10-12(18)19/h14-16H,2-11H2,1H3,(H,18,19)(H,20,21). The van der Waals surface area contributed by atoms with Gasteiger partial charge in [-0.05, 0) is 13.0 Å². The molecular formula is C13H28N4O4. The molecule has 0 saturated carbocycles. The van der Waals surface area contributed by atoms with Crippen molar-refractivity contribution in [2.45, 2.75) is 13.3 Å². The first-order chi connectivity index (χ1) is 10.1. The van der Waals surface area contributed by atoms with E-state index in [1.165, 1.54) is 0 Å². The molecule has 0 aliphatic heterocycles. The number of carboxylic acids is 2. The maximum Gasteiger partial charge on any atom is 0.317 e. The van der Waals surface area contributed by atoms with Crippen molar-refractivity contribution in [2.24, 2.45) is 0 Å². The van der Waals surface area contributed by atoms with Crippen molar-refractivity contribution in [1.29, 1.82) is 0 Å². The maximum atomic E-state index is 10.8. The van der Waals surface area contributed by atoms with E-state index in [-0.39, 0.29) is 13.1 Å². The molecule has 5 N–H and O–H groups in total. The monoisotopic (exact) mass is 304 g/mol. The lowest BCUT2D eigenvalue weighted by Gasteiger charge is -2.20. The highest BCUT2D eigenvalue weighted by atomic mass is 16.4. The van der Waals surface area contributed by atoms with Gasteiger partial charge in [0.1, 0.15) is 0 Å². The number of rotatable bonds is 15. The molecule has 0 bridgehead atoms. The minimum atomic E-state index is -0.916. The summed E-state index contributed by atoms with van der Waals surface area (Å²) < 4.78 is 0. The Morgan fingerprint density at radius 3 is 1.95 bits per heavy atom. The molecule has 21 heavy (non-hydrogen) atoms. The molecular weight excluding hydrogens is 276 g/mol. The van der Waals surface area contributed by atoms with Gasteiger partial charge in [0.25, 0.3) is 0 Å². The van der Waals surface area contributed by atoms with Gasteiger partial charge in [-0.1, -0.05) is 6.92 Å². The van der Waals surface area contributed by atoms with Gasteiger partial charge in [0.05, 0.1) is 13.1 Å². The molecule has 8 heteroatoms. The number of hydrogen-bond donors (Lipinski definition) is 5. The molecule has 0 aliphatic rings. The van der Waals surface area contributed by atoms with Gasteiger partial charge in [-0.15, -0.1) is 0 Å². The third-order valence-electron chi connectivity index (χ3n) is 2.75. The lowest BCUT2D eigenvalue weighted by molar-refractivity contribution is -0.139. The molecule has 0 aromatic carbocycles. The van der Waals surface area contributed by atoms with Crippen molar-refractivity contribution in [3.05, 3.63) is 0 Å². The van der Waals surface area contributed by atoms with Gasteiger partial charge >= 0.3 is 11.9 Å². The van der Waals surface area contributed by atoms with Crippen molar-refractivity contribution in [3.8, 4) is 0 Å². The Bertz CT molecular complexity index is 289. The Morgan fingerprint density at radius 1 is 0.857 bits per heavy atom. The zero-order valence-corrected chi connectivity index (χ0v) is 12.7. The maximum absolute atomic E-state index is 10.8. The SMILES string of the molecule is CCCNCCNCCN(CCNCC(=O)O)CC(=O)O. The van der Waals surface area contributed by atoms with Crippen molar-refractivity contribution in [1.82, 2.24) is 20.9 Å². The topological polar surface area (TPSA) is 114 Å². The van der Waals surface area contributed by atoms with Crippen molar-refractivity contribution in [3.63, 3.8) is 0 Å². The summed E-state index contributed by atoms with van der Waals surface area (Å²) in [4.78, 5) is 22.9. The van der Waals surface area contributed by atoms with E-state index in [2.05, 4.69) is 22.9 Å². The van der Waals surface area contributed by atoms with E-state index < -0.39 is 11.9 Å². The number of nitrogens with zero attached hydrogens (tertiary/aromatic N) is 1. The first-order valence-electron chi connectivity index (χ1n) is 7.34. The van der Waals surface area contributed by atoms with Crippen molar-refractivity contribution < 1.29 is 19.8 Å². The normalized spacial score (nSPS) is 11.0. The van der Waals surface area contributed by atoms with Gasteiger partial charge in [-0.25, -0.2) is 0 Å². The van der Waals surface area contributed by atoms with Gasteiger partial charge in [-0.3, -0.25) is 14.5 Å². The summed E-state index contributed by atoms with van der Waals surface area (Å²) in [6.45, 7) is 7.00. The van der Waals surface area contributed by atoms with Gasteiger partial charge in [-0.2, -0.15) is 0 Å². The third-order valence-corrected chi connectivity index (χ3v) is 2.75. The van der Waals surface area contributed by atoms with Crippen LogP contribution in [0.15, 0.2) is 0 Å². The lowest BCUT2D eigenvalue weighted by Crippen LogP contribution is -2.41. The smallest absolute Gasteiger partial charge is 0.317 e. The molecule has 0 heterocycles. The molecule has 124 valence electrons. The molecule has 0 unspecified atom stereocenters. The molecule has 0 atom stereocenters. The van der Waals surface area contributed by atoms with Crippen molar-refractivity contribution in [2.75, 3.05) is 58.9 Å². The van der Waals surface area contributed by atoms with E-state index in [4.69, 9.17) is 10.2 Å². The summed E-state index contributed by atoms with van der Waals surface area (Å²) in [7, 11) is 0. The van der Waals surface area contributed by atoms with E-state index in [1.54, 1.807) is 4.90 Å². The number of hydrogen-bond acceptors (Lipinski definition) is 6. The second kappa shape index (κ2) is 13.7. The Balaban J connectivity index is 3.70. The van der Waals surface area contributed by atoms with Crippen LogP contribution < -0.4 is 16.0 Å². The molecule has 0 spiro atoms. The van der Waals surface area contributed by atoms with E-state index in [0.29, 0.717) is 26.2 Å². The van der Waals surface area contributed by atoms with Gasteiger partial charge < -0.3 is 26.2 Å². The van der Waals surface area contributed by atoms with Crippen LogP contribution in [0.25, 0.3) is 0 Å². The fraction of sp³-hybridized carbons (Fsp3) is 0.846. The zero-order chi connectivity index (χ0) is 15.9. The minimum Gasteiger partial charge on any atom is -0.480 e. The van der Waals surface area contributed by atoms with E-state index >= 15 is 0 Å². The van der Waals surface area contributed by atoms with Crippen LogP contribution in [0.2, 0.25) is 0 Å². The largest absolute Gasteiger partial charge is 0.480 e. The van der Waals surface area contributed by atoms with Crippen LogP contribution >= 0.6 is 0 Å². The highest BCUT2D eigenvalue weighted by molar-refractivity contribution is 5.69. The third kappa shape index (κ3) is 15.0. The van der Waals surface area contributed by atoms with Crippen LogP contribution in [-0.2, 0) is 9.59 Å². The van der Waals surface area contributed by atoms with Gasteiger partial charge in [0.2, 0.25) is 0 Å². The molecule has 0 aromatic heterocycles. The first kappa shape index (κ1) is 19.8. The summed E-state index contributed by atoms with van der Waals surface area (Å²) in [5.41, 5.74) is 0. The molecule has 0 saturated heterocycles. The minimum absolute atomic E-state index is 0.0372. The Hall–Kier alpha value is -1.22. The van der Waals surface area contributed by atoms with Gasteiger partial charge in [0.15, 0.2) is 0 Å². The zero-order valence-electron chi connectivity index (χ0n) is 12.7. The van der Waals surface area contributed by atoms with E-state index in [1.807, 2.05) is 0 Å². The second-order valence-corrected chi connectivity index (χ2v) is 4.74. The predicted molar refractivity (Wildman–Crippen MR) is 80.6 cm³/mol. The summed E-state index contributed by atoms with van der Waals surface area (Å²) in [6.07, 6.45) is 1.11. The van der Waals surface area contributed by atoms with E-state index in [9.17, 15) is 9.59 Å². The quantitative estimate of drug-likeness (QED) is 0.236. The van der Waals surface area contributed by atoms with Crippen LogP contribution in [0.5, 0.6) is 0 Å². The highest BCUT2D eigenvalue weighted by Crippen LogP contribution is 1.86. The summed E-state index contributed by atoms with van der Waals surface area (Å²) in [6, 6.07) is 0. The first-order valence-corrected chi connectivity index (χ1v) is 7.34. The number of carboxylic acid groups (broad SMARTS) is 2. The molecule has 0 aliphatic carbocycles. The average molecular weight is 304 g/mol. The molecule has 0 amide bonds. The Kier molecular flexibility index (Phi) is 13.0. The van der Waals surface area contributed by atoms with Crippen molar-refractivity contribution >= 4 is 11.9 Å². The number of aliphatic carboxylic acids is 2. The van der Waals surface area contributed by atoms with E-state index in [0.717, 1.165) is 26.1 Å². The van der Waals surface area contributed by atoms with Gasteiger partial charge in [0, 0.05) is 39.3 Å². The molecule has 0 fully saturated rings. The molecule has 8 nitrogen and oxygen atoms in total. The van der Waals surface area contributed by atoms with Crippen LogP contribution in [0.4, 0.5) is 0 Å². The average Bonchev–Trinajstić information content (AvgIpc) is 2.41. The summed E-state index contributed by atoms with van der Waals surface area (Å²) in [5.74, 6) is -1.79. The highest BCUT2D eigenvalue weighted by Gasteiger charge is 2.09. The van der Waals surface area contributed by atoms with Crippen LogP contribution in [0.3, 0.4) is 0 Å². The Labute approximate surface area is 125 Å². The summed E-state index contributed by atoms with van der Waals surface area (Å²) >= 11 is 0. The van der Waals surface area contributed by atoms with Crippen LogP contribution in [-0.4, -0.2) is 86.0 Å². The fourth-order valence-corrected chi connectivity index (χ4v) is 1.73. The predicted octanol–water partition coefficient (Wildman–Crippen LogP) is -1.36. The molecule has 0 aromatic rings. The van der Waals surface area contributed by atoms with Crippen LogP contribution in [0.1, 0.15) is 13.3 Å². The lowest BCUT2D eigenvalue weighted by atomic mass is 10.4. The molecule has 0 radical (unpaired) electrons. The number of nitrogens with one attached hydrogen (secondary N) is 3. The second-order valence-electron chi connectivity index (χ2n) is 4.74. The molecule has 0 rings (SSSR count). The Morgan fingerprint density at radius 2 is 1.43 bits per heavy atom. The van der Waals surface area contributed by atoms with Crippen LogP contribution in [0, 0.1) is 0 Å². The summed E-state index contributed by atoms with van der Waals surface area (Å²) in [5, 5.41) is 26.6.